The number of ether oxygens (including phenoxy) is 1. The van der Waals surface area contributed by atoms with E-state index in [1.54, 1.807) is 19.1 Å². The van der Waals surface area contributed by atoms with Crippen LogP contribution in [-0.2, 0) is 4.74 Å². The quantitative estimate of drug-likeness (QED) is 0.403. The van der Waals surface area contributed by atoms with E-state index in [4.69, 9.17) is 9.15 Å². The van der Waals surface area contributed by atoms with Gasteiger partial charge in [0.15, 0.2) is 5.76 Å². The normalized spacial score (nSPS) is 10.6. The third kappa shape index (κ3) is 3.25. The second-order valence-electron chi connectivity index (χ2n) is 5.18. The van der Waals surface area contributed by atoms with Gasteiger partial charge in [0.1, 0.15) is 5.69 Å². The highest BCUT2D eigenvalue weighted by atomic mass is 32.2. The second kappa shape index (κ2) is 7.44. The summed E-state index contributed by atoms with van der Waals surface area (Å²) in [6, 6.07) is 12.7. The lowest BCUT2D eigenvalue weighted by Gasteiger charge is -2.04. The Labute approximate surface area is 149 Å². The molecule has 2 heterocycles. The zero-order valence-corrected chi connectivity index (χ0v) is 14.7. The number of furan rings is 1. The average molecular weight is 355 g/mol. The standard InChI is InChI=1S/C19H17NO4S/c1-3-23-19(22)16-18(25-2)14(17(21)13-10-7-11-24-13)15(20-16)12-8-5-4-6-9-12/h4-11,20H,3H2,1-2H3. The molecule has 0 amide bonds. The van der Waals surface area contributed by atoms with Gasteiger partial charge in [-0.15, -0.1) is 11.8 Å². The molecule has 3 aromatic rings. The number of H-pyrrole nitrogens is 1. The number of aromatic amines is 1. The van der Waals surface area contributed by atoms with Gasteiger partial charge < -0.3 is 14.1 Å². The first-order valence-electron chi connectivity index (χ1n) is 7.78. The number of aromatic nitrogens is 1. The van der Waals surface area contributed by atoms with Crippen molar-refractivity contribution < 1.29 is 18.7 Å². The van der Waals surface area contributed by atoms with Crippen molar-refractivity contribution in [3.05, 3.63) is 65.7 Å². The molecule has 0 atom stereocenters. The van der Waals surface area contributed by atoms with E-state index >= 15 is 0 Å². The first kappa shape index (κ1) is 17.1. The van der Waals surface area contributed by atoms with Crippen LogP contribution in [0.2, 0.25) is 0 Å². The summed E-state index contributed by atoms with van der Waals surface area (Å²) < 4.78 is 10.4. The van der Waals surface area contributed by atoms with Crippen molar-refractivity contribution in [3.63, 3.8) is 0 Å². The highest BCUT2D eigenvalue weighted by molar-refractivity contribution is 7.98. The number of hydrogen-bond donors (Lipinski definition) is 1. The molecule has 2 aromatic heterocycles. The molecule has 0 aliphatic heterocycles. The summed E-state index contributed by atoms with van der Waals surface area (Å²) in [5, 5.41) is 0. The summed E-state index contributed by atoms with van der Waals surface area (Å²) in [6.45, 7) is 2.00. The average Bonchev–Trinajstić information content (AvgIpc) is 3.29. The first-order chi connectivity index (χ1) is 12.2. The molecule has 1 aromatic carbocycles. The second-order valence-corrected chi connectivity index (χ2v) is 5.99. The number of ketones is 1. The number of nitrogens with one attached hydrogen (secondary N) is 1. The van der Waals surface area contributed by atoms with Crippen molar-refractivity contribution in [2.75, 3.05) is 12.9 Å². The van der Waals surface area contributed by atoms with Crippen molar-refractivity contribution in [3.8, 4) is 11.3 Å². The predicted molar refractivity (Wildman–Crippen MR) is 96.1 cm³/mol. The van der Waals surface area contributed by atoms with E-state index in [0.717, 1.165) is 5.56 Å². The van der Waals surface area contributed by atoms with Gasteiger partial charge in [0.25, 0.3) is 0 Å². The fourth-order valence-electron chi connectivity index (χ4n) is 2.60. The summed E-state index contributed by atoms with van der Waals surface area (Å²) in [5.41, 5.74) is 2.08. The van der Waals surface area contributed by atoms with Crippen molar-refractivity contribution in [2.24, 2.45) is 0 Å². The summed E-state index contributed by atoms with van der Waals surface area (Å²) in [7, 11) is 0. The topological polar surface area (TPSA) is 72.3 Å². The minimum Gasteiger partial charge on any atom is -0.461 e. The van der Waals surface area contributed by atoms with Gasteiger partial charge in [-0.25, -0.2) is 4.79 Å². The molecule has 0 unspecified atom stereocenters. The zero-order chi connectivity index (χ0) is 17.8. The molecule has 0 spiro atoms. The molecular weight excluding hydrogens is 338 g/mol. The van der Waals surface area contributed by atoms with Crippen LogP contribution in [0.4, 0.5) is 0 Å². The Hall–Kier alpha value is -2.73. The van der Waals surface area contributed by atoms with Crippen molar-refractivity contribution in [2.45, 2.75) is 11.8 Å². The Balaban J connectivity index is 2.22. The fourth-order valence-corrected chi connectivity index (χ4v) is 3.34. The van der Waals surface area contributed by atoms with Crippen LogP contribution in [0.5, 0.6) is 0 Å². The number of benzene rings is 1. The van der Waals surface area contributed by atoms with Gasteiger partial charge in [-0.2, -0.15) is 0 Å². The Morgan fingerprint density at radius 1 is 1.16 bits per heavy atom. The van der Waals surface area contributed by atoms with Gasteiger partial charge in [0.05, 0.1) is 29.0 Å². The van der Waals surface area contributed by atoms with Crippen LogP contribution in [0.15, 0.2) is 58.0 Å². The maximum Gasteiger partial charge on any atom is 0.355 e. The first-order valence-corrected chi connectivity index (χ1v) is 9.00. The molecular formula is C19H17NO4S. The minimum atomic E-state index is -0.484. The summed E-state index contributed by atoms with van der Waals surface area (Å²) in [6.07, 6.45) is 3.27. The highest BCUT2D eigenvalue weighted by Crippen LogP contribution is 2.36. The SMILES string of the molecule is CCOC(=O)c1[nH]c(-c2ccccc2)c(C(=O)c2ccco2)c1SC. The number of carbonyl (C=O) groups is 2. The van der Waals surface area contributed by atoms with Gasteiger partial charge in [-0.1, -0.05) is 30.3 Å². The van der Waals surface area contributed by atoms with E-state index in [1.807, 2.05) is 36.6 Å². The molecule has 0 aliphatic rings. The minimum absolute atomic E-state index is 0.224. The zero-order valence-electron chi connectivity index (χ0n) is 13.9. The third-order valence-electron chi connectivity index (χ3n) is 3.67. The largest absolute Gasteiger partial charge is 0.461 e. The Morgan fingerprint density at radius 2 is 1.92 bits per heavy atom. The number of carbonyl (C=O) groups excluding carboxylic acids is 2. The van der Waals surface area contributed by atoms with E-state index in [2.05, 4.69) is 4.98 Å². The summed E-state index contributed by atoms with van der Waals surface area (Å²) in [4.78, 5) is 29.0. The molecule has 0 fully saturated rings. The summed E-state index contributed by atoms with van der Waals surface area (Å²) >= 11 is 1.32. The van der Waals surface area contributed by atoms with E-state index in [-0.39, 0.29) is 23.8 Å². The van der Waals surface area contributed by atoms with E-state index in [0.29, 0.717) is 16.2 Å². The van der Waals surface area contributed by atoms with Gasteiger partial charge in [0.2, 0.25) is 5.78 Å². The van der Waals surface area contributed by atoms with Crippen LogP contribution >= 0.6 is 11.8 Å². The Bertz CT molecular complexity index is 882. The molecule has 0 saturated carbocycles. The van der Waals surface area contributed by atoms with E-state index in [9.17, 15) is 9.59 Å². The van der Waals surface area contributed by atoms with Crippen molar-refractivity contribution in [1.82, 2.24) is 4.98 Å². The Kier molecular flexibility index (Phi) is 5.09. The van der Waals surface area contributed by atoms with Crippen LogP contribution < -0.4 is 0 Å². The Morgan fingerprint density at radius 3 is 2.52 bits per heavy atom. The molecule has 0 bridgehead atoms. The third-order valence-corrected chi connectivity index (χ3v) is 4.49. The van der Waals surface area contributed by atoms with Crippen molar-refractivity contribution >= 4 is 23.5 Å². The van der Waals surface area contributed by atoms with Crippen LogP contribution in [0, 0.1) is 0 Å². The molecule has 0 aliphatic carbocycles. The van der Waals surface area contributed by atoms with E-state index < -0.39 is 5.97 Å². The lowest BCUT2D eigenvalue weighted by molar-refractivity contribution is 0.0516. The monoisotopic (exact) mass is 355 g/mol. The van der Waals surface area contributed by atoms with Crippen molar-refractivity contribution in [1.29, 1.82) is 0 Å². The number of esters is 1. The number of rotatable bonds is 6. The molecule has 0 saturated heterocycles. The molecule has 3 rings (SSSR count). The van der Waals surface area contributed by atoms with Crippen LogP contribution in [0.3, 0.4) is 0 Å². The fraction of sp³-hybridized carbons (Fsp3) is 0.158. The molecule has 1 N–H and O–H groups in total. The van der Waals surface area contributed by atoms with E-state index in [1.165, 1.54) is 18.0 Å². The van der Waals surface area contributed by atoms with Gasteiger partial charge >= 0.3 is 5.97 Å². The van der Waals surface area contributed by atoms with Gasteiger partial charge in [-0.05, 0) is 30.9 Å². The summed E-state index contributed by atoms with van der Waals surface area (Å²) in [5.74, 6) is -0.538. The maximum atomic E-state index is 13.0. The predicted octanol–water partition coefficient (Wildman–Crippen LogP) is 4.40. The lowest BCUT2D eigenvalue weighted by atomic mass is 10.0. The molecule has 128 valence electrons. The van der Waals surface area contributed by atoms with Gasteiger partial charge in [-0.3, -0.25) is 4.79 Å². The molecule has 5 nitrogen and oxygen atoms in total. The van der Waals surface area contributed by atoms with Crippen LogP contribution in [-0.4, -0.2) is 29.6 Å². The van der Waals surface area contributed by atoms with Gasteiger partial charge in [0, 0.05) is 0 Å². The van der Waals surface area contributed by atoms with Crippen LogP contribution in [0.25, 0.3) is 11.3 Å². The lowest BCUT2D eigenvalue weighted by Crippen LogP contribution is -2.07. The van der Waals surface area contributed by atoms with Crippen LogP contribution in [0.1, 0.15) is 33.5 Å². The number of hydrogen-bond acceptors (Lipinski definition) is 5. The smallest absolute Gasteiger partial charge is 0.355 e. The number of thioether (sulfide) groups is 1. The maximum absolute atomic E-state index is 13.0. The molecule has 6 heteroatoms. The molecule has 25 heavy (non-hydrogen) atoms. The highest BCUT2D eigenvalue weighted by Gasteiger charge is 2.29. The molecule has 0 radical (unpaired) electrons.